The van der Waals surface area contributed by atoms with Crippen LogP contribution in [0.4, 0.5) is 0 Å². The first kappa shape index (κ1) is 11.1. The molecule has 0 bridgehead atoms. The van der Waals surface area contributed by atoms with Gasteiger partial charge in [0.25, 0.3) is 0 Å². The minimum atomic E-state index is -0.958. The van der Waals surface area contributed by atoms with Gasteiger partial charge in [0.15, 0.2) is 0 Å². The number of benzene rings is 1. The van der Waals surface area contributed by atoms with Crippen molar-refractivity contribution in [1.82, 2.24) is 4.98 Å². The fourth-order valence-electron chi connectivity index (χ4n) is 1.61. The topological polar surface area (TPSA) is 50.2 Å². The van der Waals surface area contributed by atoms with Crippen LogP contribution < -0.4 is 0 Å². The van der Waals surface area contributed by atoms with Crippen molar-refractivity contribution in [2.45, 2.75) is 0 Å². The van der Waals surface area contributed by atoms with Crippen molar-refractivity contribution in [3.63, 3.8) is 0 Å². The Balaban J connectivity index is 2.51. The fraction of sp³-hybridized carbons (Fsp3) is 0. The maximum atomic E-state index is 10.9. The summed E-state index contributed by atoms with van der Waals surface area (Å²) < 4.78 is 0. The lowest BCUT2D eigenvalue weighted by molar-refractivity contribution is -0.131. The highest BCUT2D eigenvalue weighted by molar-refractivity contribution is 5.95. The highest BCUT2D eigenvalue weighted by Gasteiger charge is 2.06. The molecule has 0 spiro atoms. The lowest BCUT2D eigenvalue weighted by Crippen LogP contribution is -1.94. The highest BCUT2D eigenvalue weighted by Crippen LogP contribution is 2.22. The van der Waals surface area contributed by atoms with E-state index < -0.39 is 5.97 Å². The summed E-state index contributed by atoms with van der Waals surface area (Å²) in [5.41, 5.74) is 2.40. The van der Waals surface area contributed by atoms with Crippen LogP contribution in [0.5, 0.6) is 0 Å². The summed E-state index contributed by atoms with van der Waals surface area (Å²) in [7, 11) is 0. The Morgan fingerprint density at radius 2 is 1.59 bits per heavy atom. The Labute approximate surface area is 99.1 Å². The third-order valence-electron chi connectivity index (χ3n) is 2.34. The van der Waals surface area contributed by atoms with Gasteiger partial charge in [-0.3, -0.25) is 4.98 Å². The predicted molar refractivity (Wildman–Crippen MR) is 65.4 cm³/mol. The van der Waals surface area contributed by atoms with Crippen LogP contribution in [0, 0.1) is 0 Å². The van der Waals surface area contributed by atoms with Crippen molar-refractivity contribution in [3.8, 4) is 0 Å². The molecule has 0 amide bonds. The predicted octanol–water partition coefficient (Wildman–Crippen LogP) is 2.60. The molecular formula is C14H11NO2. The first-order valence-corrected chi connectivity index (χ1v) is 5.18. The molecule has 3 nitrogen and oxygen atoms in total. The van der Waals surface area contributed by atoms with E-state index in [-0.39, 0.29) is 0 Å². The summed E-state index contributed by atoms with van der Waals surface area (Å²) in [6.07, 6.45) is 4.51. The molecule has 0 atom stereocenters. The summed E-state index contributed by atoms with van der Waals surface area (Å²) in [4.78, 5) is 14.8. The van der Waals surface area contributed by atoms with E-state index in [0.29, 0.717) is 5.57 Å². The first-order valence-electron chi connectivity index (χ1n) is 5.18. The number of pyridine rings is 1. The second-order valence-corrected chi connectivity index (χ2v) is 3.50. The minimum Gasteiger partial charge on any atom is -0.478 e. The fourth-order valence-corrected chi connectivity index (χ4v) is 1.61. The maximum Gasteiger partial charge on any atom is 0.328 e. The Hall–Kier alpha value is -2.42. The van der Waals surface area contributed by atoms with Crippen LogP contribution in [-0.4, -0.2) is 16.1 Å². The van der Waals surface area contributed by atoms with Gasteiger partial charge in [-0.2, -0.15) is 0 Å². The summed E-state index contributed by atoms with van der Waals surface area (Å²) in [5, 5.41) is 8.91. The van der Waals surface area contributed by atoms with Gasteiger partial charge in [-0.25, -0.2) is 4.79 Å². The molecule has 0 aliphatic heterocycles. The number of aliphatic carboxylic acids is 1. The summed E-state index contributed by atoms with van der Waals surface area (Å²) in [5.74, 6) is -0.958. The lowest BCUT2D eigenvalue weighted by atomic mass is 9.98. The van der Waals surface area contributed by atoms with E-state index in [1.807, 2.05) is 30.3 Å². The van der Waals surface area contributed by atoms with Gasteiger partial charge in [0.2, 0.25) is 0 Å². The Morgan fingerprint density at radius 3 is 2.18 bits per heavy atom. The molecule has 1 aromatic carbocycles. The van der Waals surface area contributed by atoms with Crippen molar-refractivity contribution in [3.05, 3.63) is 72.1 Å². The van der Waals surface area contributed by atoms with E-state index in [1.54, 1.807) is 24.5 Å². The monoisotopic (exact) mass is 225 g/mol. The number of carboxylic acids is 1. The average molecular weight is 225 g/mol. The van der Waals surface area contributed by atoms with Crippen LogP contribution in [0.1, 0.15) is 11.1 Å². The van der Waals surface area contributed by atoms with Gasteiger partial charge in [-0.15, -0.1) is 0 Å². The van der Waals surface area contributed by atoms with Crippen LogP contribution in [-0.2, 0) is 4.79 Å². The van der Waals surface area contributed by atoms with Gasteiger partial charge in [0.1, 0.15) is 0 Å². The second-order valence-electron chi connectivity index (χ2n) is 3.50. The molecule has 0 saturated carbocycles. The van der Waals surface area contributed by atoms with E-state index in [1.165, 1.54) is 6.08 Å². The van der Waals surface area contributed by atoms with Crippen molar-refractivity contribution in [2.75, 3.05) is 0 Å². The second kappa shape index (κ2) is 5.07. The van der Waals surface area contributed by atoms with Crippen LogP contribution in [0.25, 0.3) is 5.57 Å². The molecule has 0 radical (unpaired) electrons. The van der Waals surface area contributed by atoms with Crippen LogP contribution in [0.3, 0.4) is 0 Å². The average Bonchev–Trinajstić information content (AvgIpc) is 2.38. The van der Waals surface area contributed by atoms with Crippen molar-refractivity contribution < 1.29 is 9.90 Å². The number of nitrogens with zero attached hydrogens (tertiary/aromatic N) is 1. The van der Waals surface area contributed by atoms with Crippen LogP contribution >= 0.6 is 0 Å². The van der Waals surface area contributed by atoms with Gasteiger partial charge in [0.05, 0.1) is 0 Å². The standard InChI is InChI=1S/C14H11NO2/c16-14(17)10-13(11-4-2-1-3-5-11)12-6-8-15-9-7-12/h1-10H,(H,16,17). The molecule has 3 heteroatoms. The van der Waals surface area contributed by atoms with Crippen LogP contribution in [0.15, 0.2) is 60.9 Å². The van der Waals surface area contributed by atoms with Gasteiger partial charge in [-0.1, -0.05) is 30.3 Å². The summed E-state index contributed by atoms with van der Waals surface area (Å²) in [6.45, 7) is 0. The lowest BCUT2D eigenvalue weighted by Gasteiger charge is -2.06. The largest absolute Gasteiger partial charge is 0.478 e. The Bertz CT molecular complexity index is 491. The van der Waals surface area contributed by atoms with E-state index >= 15 is 0 Å². The molecule has 0 unspecified atom stereocenters. The van der Waals surface area contributed by atoms with E-state index in [0.717, 1.165) is 11.1 Å². The molecule has 1 aromatic heterocycles. The molecule has 17 heavy (non-hydrogen) atoms. The molecule has 1 heterocycles. The van der Waals surface area contributed by atoms with Gasteiger partial charge >= 0.3 is 5.97 Å². The molecule has 0 aliphatic rings. The number of aromatic nitrogens is 1. The SMILES string of the molecule is O=C(O)C=C(c1ccccc1)c1ccncc1. The third-order valence-corrected chi connectivity index (χ3v) is 2.34. The molecule has 0 aliphatic carbocycles. The zero-order valence-corrected chi connectivity index (χ0v) is 9.08. The van der Waals surface area contributed by atoms with Gasteiger partial charge < -0.3 is 5.11 Å². The van der Waals surface area contributed by atoms with Gasteiger partial charge in [0, 0.05) is 18.5 Å². The minimum absolute atomic E-state index is 0.681. The first-order chi connectivity index (χ1) is 8.27. The number of rotatable bonds is 3. The molecule has 84 valence electrons. The number of carbonyl (C=O) groups is 1. The summed E-state index contributed by atoms with van der Waals surface area (Å²) in [6, 6.07) is 13.0. The molecule has 2 aromatic rings. The zero-order chi connectivity index (χ0) is 12.1. The molecular weight excluding hydrogens is 214 g/mol. The molecule has 1 N–H and O–H groups in total. The number of hydrogen-bond donors (Lipinski definition) is 1. The van der Waals surface area contributed by atoms with Crippen LogP contribution in [0.2, 0.25) is 0 Å². The Kier molecular flexibility index (Phi) is 3.31. The third kappa shape index (κ3) is 2.78. The van der Waals surface area contributed by atoms with E-state index in [4.69, 9.17) is 5.11 Å². The summed E-state index contributed by atoms with van der Waals surface area (Å²) >= 11 is 0. The molecule has 2 rings (SSSR count). The molecule has 0 saturated heterocycles. The van der Waals surface area contributed by atoms with E-state index in [2.05, 4.69) is 4.98 Å². The zero-order valence-electron chi connectivity index (χ0n) is 9.08. The Morgan fingerprint density at radius 1 is 1.00 bits per heavy atom. The number of carboxylic acid groups (broad SMARTS) is 1. The van der Waals surface area contributed by atoms with Crippen molar-refractivity contribution in [2.24, 2.45) is 0 Å². The van der Waals surface area contributed by atoms with E-state index in [9.17, 15) is 4.79 Å². The number of hydrogen-bond acceptors (Lipinski definition) is 2. The van der Waals surface area contributed by atoms with Crippen molar-refractivity contribution >= 4 is 11.5 Å². The highest BCUT2D eigenvalue weighted by atomic mass is 16.4. The molecule has 0 fully saturated rings. The normalized spacial score (nSPS) is 11.2. The smallest absolute Gasteiger partial charge is 0.328 e. The maximum absolute atomic E-state index is 10.9. The van der Waals surface area contributed by atoms with Gasteiger partial charge in [-0.05, 0) is 28.8 Å². The quantitative estimate of drug-likeness (QED) is 0.817. The van der Waals surface area contributed by atoms with Crippen molar-refractivity contribution in [1.29, 1.82) is 0 Å².